The third-order valence-corrected chi connectivity index (χ3v) is 6.36. The summed E-state index contributed by atoms with van der Waals surface area (Å²) >= 11 is 0. The van der Waals surface area contributed by atoms with Gasteiger partial charge in [0.15, 0.2) is 0 Å². The van der Waals surface area contributed by atoms with Gasteiger partial charge in [0.05, 0.1) is 12.1 Å². The van der Waals surface area contributed by atoms with Crippen LogP contribution in [0.15, 0.2) is 18.2 Å². The second kappa shape index (κ2) is 9.52. The van der Waals surface area contributed by atoms with Crippen molar-refractivity contribution in [3.8, 4) is 0 Å². The first kappa shape index (κ1) is 20.8. The molecule has 2 aliphatic carbocycles. The summed E-state index contributed by atoms with van der Waals surface area (Å²) in [5.41, 5.74) is 3.77. The van der Waals surface area contributed by atoms with E-state index in [-0.39, 0.29) is 11.5 Å². The van der Waals surface area contributed by atoms with Crippen LogP contribution in [-0.4, -0.2) is 38.9 Å². The number of fused-ring (bicyclic) bond motifs is 1. The quantitative estimate of drug-likeness (QED) is 0.529. The highest BCUT2D eigenvalue weighted by atomic mass is 16.5. The highest BCUT2D eigenvalue weighted by molar-refractivity contribution is 5.84. The average Bonchev–Trinajstić information content (AvgIpc) is 2.98. The Morgan fingerprint density at radius 1 is 1.32 bits per heavy atom. The standard InChI is InChI=1S/C22H32N2O4/c1-3-28-12-4-5-16-6-7-17-14-22(10-8-18(27-2)9-11-22)20(19(17)13-16)24-21(26)23-15-25/h6-7,13,15,18,20H,3-5,8-12,14H2,1-2H3,(H2,23,24,25,26)/t18-,20?,22-. The van der Waals surface area contributed by atoms with E-state index in [4.69, 9.17) is 9.47 Å². The zero-order chi connectivity index (χ0) is 20.0. The van der Waals surface area contributed by atoms with Crippen LogP contribution in [0.2, 0.25) is 0 Å². The number of carbonyl (C=O) groups excluding carboxylic acids is 2. The molecule has 6 nitrogen and oxygen atoms in total. The molecule has 1 aromatic carbocycles. The van der Waals surface area contributed by atoms with Gasteiger partial charge in [0.1, 0.15) is 0 Å². The summed E-state index contributed by atoms with van der Waals surface area (Å²) in [4.78, 5) is 22.9. The van der Waals surface area contributed by atoms with E-state index in [1.165, 1.54) is 16.7 Å². The second-order valence-corrected chi connectivity index (χ2v) is 7.98. The summed E-state index contributed by atoms with van der Waals surface area (Å²) in [5.74, 6) is 0. The molecule has 1 spiro atoms. The molecule has 28 heavy (non-hydrogen) atoms. The molecule has 1 aromatic rings. The van der Waals surface area contributed by atoms with Crippen LogP contribution in [0.1, 0.15) is 61.8 Å². The van der Waals surface area contributed by atoms with Gasteiger partial charge in [0.2, 0.25) is 6.41 Å². The second-order valence-electron chi connectivity index (χ2n) is 7.98. The summed E-state index contributed by atoms with van der Waals surface area (Å²) in [5, 5.41) is 5.32. The van der Waals surface area contributed by atoms with Gasteiger partial charge >= 0.3 is 6.03 Å². The lowest BCUT2D eigenvalue weighted by molar-refractivity contribution is -0.108. The summed E-state index contributed by atoms with van der Waals surface area (Å²) in [7, 11) is 1.77. The Bertz CT molecular complexity index is 683. The lowest BCUT2D eigenvalue weighted by Gasteiger charge is -2.41. The van der Waals surface area contributed by atoms with Gasteiger partial charge in [0, 0.05) is 20.3 Å². The predicted molar refractivity (Wildman–Crippen MR) is 107 cm³/mol. The number of aryl methyl sites for hydroxylation is 1. The van der Waals surface area contributed by atoms with Gasteiger partial charge in [-0.2, -0.15) is 0 Å². The van der Waals surface area contributed by atoms with Crippen LogP contribution in [0.3, 0.4) is 0 Å². The molecule has 2 aliphatic rings. The first-order valence-corrected chi connectivity index (χ1v) is 10.3. The minimum Gasteiger partial charge on any atom is -0.382 e. The Morgan fingerprint density at radius 2 is 2.11 bits per heavy atom. The highest BCUT2D eigenvalue weighted by Gasteiger charge is 2.48. The Hall–Kier alpha value is -1.92. The lowest BCUT2D eigenvalue weighted by Crippen LogP contribution is -2.45. The Labute approximate surface area is 167 Å². The van der Waals surface area contributed by atoms with Gasteiger partial charge in [-0.25, -0.2) is 4.79 Å². The molecular weight excluding hydrogens is 356 g/mol. The molecule has 0 aliphatic heterocycles. The molecule has 3 rings (SSSR count). The van der Waals surface area contributed by atoms with E-state index in [9.17, 15) is 9.59 Å². The Morgan fingerprint density at radius 3 is 2.79 bits per heavy atom. The molecule has 154 valence electrons. The van der Waals surface area contributed by atoms with Crippen LogP contribution in [0.25, 0.3) is 0 Å². The molecule has 1 fully saturated rings. The number of nitrogens with one attached hydrogen (secondary N) is 2. The maximum atomic E-state index is 12.2. The van der Waals surface area contributed by atoms with Gasteiger partial charge in [-0.3, -0.25) is 10.1 Å². The topological polar surface area (TPSA) is 76.7 Å². The summed E-state index contributed by atoms with van der Waals surface area (Å²) in [6.07, 6.45) is 7.65. The third kappa shape index (κ3) is 4.55. The van der Waals surface area contributed by atoms with E-state index < -0.39 is 6.03 Å². The molecule has 6 heteroatoms. The minimum atomic E-state index is -0.428. The summed E-state index contributed by atoms with van der Waals surface area (Å²) in [6.45, 7) is 3.51. The third-order valence-electron chi connectivity index (χ3n) is 6.36. The van der Waals surface area contributed by atoms with E-state index in [1.54, 1.807) is 7.11 Å². The number of methoxy groups -OCH3 is 1. The molecule has 0 heterocycles. The van der Waals surface area contributed by atoms with Gasteiger partial charge in [-0.15, -0.1) is 0 Å². The molecule has 3 amide bonds. The number of hydrogen-bond acceptors (Lipinski definition) is 4. The van der Waals surface area contributed by atoms with Crippen molar-refractivity contribution in [3.05, 3.63) is 34.9 Å². The van der Waals surface area contributed by atoms with Crippen molar-refractivity contribution >= 4 is 12.4 Å². The molecule has 1 atom stereocenters. The van der Waals surface area contributed by atoms with Crippen molar-refractivity contribution in [2.45, 2.75) is 64.0 Å². The van der Waals surface area contributed by atoms with Crippen LogP contribution in [0.5, 0.6) is 0 Å². The predicted octanol–water partition coefficient (Wildman–Crippen LogP) is 3.28. The molecule has 0 radical (unpaired) electrons. The molecule has 2 N–H and O–H groups in total. The molecule has 1 saturated carbocycles. The number of benzene rings is 1. The first-order chi connectivity index (χ1) is 13.6. The lowest BCUT2D eigenvalue weighted by atomic mass is 9.68. The zero-order valence-corrected chi connectivity index (χ0v) is 17.0. The summed E-state index contributed by atoms with van der Waals surface area (Å²) < 4.78 is 11.0. The van der Waals surface area contributed by atoms with Crippen molar-refractivity contribution < 1.29 is 19.1 Å². The van der Waals surface area contributed by atoms with Crippen LogP contribution in [0.4, 0.5) is 4.79 Å². The van der Waals surface area contributed by atoms with Gasteiger partial charge < -0.3 is 14.8 Å². The largest absolute Gasteiger partial charge is 0.382 e. The SMILES string of the molecule is CCOCCCc1ccc2c(c1)C(NC(=O)NC=O)[C@]1(CC[C@H](OC)CC1)C2. The molecular formula is C22H32N2O4. The van der Waals surface area contributed by atoms with E-state index in [0.717, 1.165) is 58.2 Å². The number of ether oxygens (including phenoxy) is 2. The first-order valence-electron chi connectivity index (χ1n) is 10.3. The molecule has 0 aromatic heterocycles. The number of amides is 3. The fourth-order valence-electron chi connectivity index (χ4n) is 4.89. The van der Waals surface area contributed by atoms with Crippen LogP contribution in [-0.2, 0) is 27.1 Å². The van der Waals surface area contributed by atoms with Crippen molar-refractivity contribution in [2.75, 3.05) is 20.3 Å². The van der Waals surface area contributed by atoms with E-state index in [1.807, 2.05) is 6.92 Å². The van der Waals surface area contributed by atoms with Gasteiger partial charge in [-0.05, 0) is 74.0 Å². The zero-order valence-electron chi connectivity index (χ0n) is 17.0. The number of rotatable bonds is 8. The molecule has 0 saturated heterocycles. The van der Waals surface area contributed by atoms with Gasteiger partial charge in [-0.1, -0.05) is 18.2 Å². The van der Waals surface area contributed by atoms with E-state index in [0.29, 0.717) is 12.5 Å². The fourth-order valence-corrected chi connectivity index (χ4v) is 4.89. The van der Waals surface area contributed by atoms with Crippen molar-refractivity contribution in [1.82, 2.24) is 10.6 Å². The van der Waals surface area contributed by atoms with Gasteiger partial charge in [0.25, 0.3) is 0 Å². The number of imide groups is 1. The van der Waals surface area contributed by atoms with Crippen LogP contribution in [0, 0.1) is 5.41 Å². The van der Waals surface area contributed by atoms with E-state index >= 15 is 0 Å². The fraction of sp³-hybridized carbons (Fsp3) is 0.636. The Kier molecular flexibility index (Phi) is 7.08. The average molecular weight is 389 g/mol. The minimum absolute atomic E-state index is 0.00152. The Balaban J connectivity index is 1.80. The van der Waals surface area contributed by atoms with Crippen molar-refractivity contribution in [2.24, 2.45) is 5.41 Å². The normalized spacial score (nSPS) is 26.1. The highest BCUT2D eigenvalue weighted by Crippen LogP contribution is 2.54. The number of urea groups is 1. The smallest absolute Gasteiger partial charge is 0.321 e. The van der Waals surface area contributed by atoms with E-state index in [2.05, 4.69) is 28.8 Å². The molecule has 0 bridgehead atoms. The monoisotopic (exact) mass is 388 g/mol. The maximum Gasteiger partial charge on any atom is 0.321 e. The van der Waals surface area contributed by atoms with Crippen LogP contribution < -0.4 is 10.6 Å². The number of carbonyl (C=O) groups is 2. The number of hydrogen-bond donors (Lipinski definition) is 2. The molecule has 1 unspecified atom stereocenters. The van der Waals surface area contributed by atoms with Crippen molar-refractivity contribution in [1.29, 1.82) is 0 Å². The maximum absolute atomic E-state index is 12.2. The van der Waals surface area contributed by atoms with Crippen molar-refractivity contribution in [3.63, 3.8) is 0 Å². The summed E-state index contributed by atoms with van der Waals surface area (Å²) in [6, 6.07) is 6.15. The van der Waals surface area contributed by atoms with Crippen LogP contribution >= 0.6 is 0 Å².